The van der Waals surface area contributed by atoms with Crippen LogP contribution in [-0.2, 0) is 25.5 Å². The van der Waals surface area contributed by atoms with E-state index in [1.54, 1.807) is 0 Å². The van der Waals surface area contributed by atoms with E-state index in [2.05, 4.69) is 58.8 Å². The zero-order valence-corrected chi connectivity index (χ0v) is 33.3. The van der Waals surface area contributed by atoms with Gasteiger partial charge in [-0.2, -0.15) is 0 Å². The summed E-state index contributed by atoms with van der Waals surface area (Å²) >= 11 is 4.37. The minimum atomic E-state index is 0.145. The molecule has 0 atom stereocenters. The van der Waals surface area contributed by atoms with E-state index in [1.807, 2.05) is 22.7 Å². The van der Waals surface area contributed by atoms with Gasteiger partial charge in [0.2, 0.25) is 0 Å². The summed E-state index contributed by atoms with van der Waals surface area (Å²) < 4.78 is 0. The van der Waals surface area contributed by atoms with Gasteiger partial charge in [-0.25, -0.2) is 0 Å². The maximum atomic E-state index is 4.70. The SMILES string of the molecule is C(=CP(C1CCCCC1)C1CCCCC1)Cc1cccs1.C(=CP(C1CCCCC1)C1CCCCC1)Cc1cccs1.[Cl][Ni][Cl]. The Hall–Kier alpha value is 0.814. The molecular formula is C38H58Cl2NiP2S2. The number of hydrogen-bond acceptors (Lipinski definition) is 2. The fourth-order valence-corrected chi connectivity index (χ4v) is 16.1. The first-order valence-electron chi connectivity index (χ1n) is 18.0. The fraction of sp³-hybridized carbons (Fsp3) is 0.684. The Morgan fingerprint density at radius 2 is 0.822 bits per heavy atom. The van der Waals surface area contributed by atoms with Gasteiger partial charge < -0.3 is 0 Å². The van der Waals surface area contributed by atoms with Gasteiger partial charge in [-0.05, 0) is 96.9 Å². The molecule has 4 fully saturated rings. The van der Waals surface area contributed by atoms with E-state index in [-0.39, 0.29) is 15.8 Å². The summed E-state index contributed by atoms with van der Waals surface area (Å²) in [5.41, 5.74) is 4.21. The van der Waals surface area contributed by atoms with Gasteiger partial charge >= 0.3 is 33.0 Å². The van der Waals surface area contributed by atoms with Gasteiger partial charge in [0.1, 0.15) is 0 Å². The van der Waals surface area contributed by atoms with Crippen LogP contribution in [0.1, 0.15) is 138 Å². The molecule has 2 aromatic rings. The summed E-state index contributed by atoms with van der Waals surface area (Å²) in [6, 6.07) is 8.91. The molecule has 0 unspecified atom stereocenters. The van der Waals surface area contributed by atoms with E-state index in [0.717, 1.165) is 35.5 Å². The number of halogens is 2. The molecule has 2 aromatic heterocycles. The van der Waals surface area contributed by atoms with Crippen LogP contribution in [0.4, 0.5) is 0 Å². The molecule has 0 nitrogen and oxygen atoms in total. The van der Waals surface area contributed by atoms with Crippen molar-refractivity contribution in [3.05, 3.63) is 68.6 Å². The molecular weight excluding hydrogens is 712 g/mol. The van der Waals surface area contributed by atoms with Gasteiger partial charge in [0, 0.05) is 22.6 Å². The van der Waals surface area contributed by atoms with Crippen molar-refractivity contribution in [1.82, 2.24) is 0 Å². The van der Waals surface area contributed by atoms with Crippen molar-refractivity contribution in [2.75, 3.05) is 0 Å². The van der Waals surface area contributed by atoms with E-state index in [0.29, 0.717) is 12.7 Å². The van der Waals surface area contributed by atoms with Gasteiger partial charge in [-0.15, -0.1) is 22.7 Å². The van der Waals surface area contributed by atoms with E-state index in [4.69, 9.17) is 20.4 Å². The molecule has 0 saturated heterocycles. The Morgan fingerprint density at radius 3 is 1.07 bits per heavy atom. The van der Waals surface area contributed by atoms with Crippen molar-refractivity contribution in [2.24, 2.45) is 0 Å². The van der Waals surface area contributed by atoms with E-state index in [9.17, 15) is 0 Å². The average molecular weight is 771 g/mol. The summed E-state index contributed by atoms with van der Waals surface area (Å²) in [5, 5.41) is 4.41. The molecule has 0 N–H and O–H groups in total. The van der Waals surface area contributed by atoms with Crippen LogP contribution >= 0.6 is 58.9 Å². The Balaban J connectivity index is 0.000000189. The first-order chi connectivity index (χ1) is 22.3. The average Bonchev–Trinajstić information content (AvgIpc) is 3.83. The summed E-state index contributed by atoms with van der Waals surface area (Å²) in [6.45, 7) is 0. The second-order valence-electron chi connectivity index (χ2n) is 13.4. The van der Waals surface area contributed by atoms with Crippen molar-refractivity contribution in [3.63, 3.8) is 0 Å². The third-order valence-electron chi connectivity index (χ3n) is 10.3. The topological polar surface area (TPSA) is 0 Å². The molecule has 7 heteroatoms. The van der Waals surface area contributed by atoms with Gasteiger partial charge in [0.15, 0.2) is 0 Å². The first kappa shape index (κ1) is 38.6. The van der Waals surface area contributed by atoms with Crippen LogP contribution in [0, 0.1) is 0 Å². The minimum absolute atomic E-state index is 0.145. The predicted molar refractivity (Wildman–Crippen MR) is 207 cm³/mol. The van der Waals surface area contributed by atoms with Crippen LogP contribution in [0.5, 0.6) is 0 Å². The zero-order chi connectivity index (χ0) is 31.4. The van der Waals surface area contributed by atoms with E-state index in [1.165, 1.54) is 138 Å². The number of hydrogen-bond donors (Lipinski definition) is 0. The Labute approximate surface area is 301 Å². The van der Waals surface area contributed by atoms with Crippen molar-refractivity contribution in [3.8, 4) is 0 Å². The summed E-state index contributed by atoms with van der Waals surface area (Å²) in [7, 11) is 9.69. The number of allylic oxidation sites excluding steroid dienone is 2. The fourth-order valence-electron chi connectivity index (χ4n) is 8.04. The Bertz CT molecular complexity index is 902. The summed E-state index contributed by atoms with van der Waals surface area (Å²) in [4.78, 5) is 3.04. The Morgan fingerprint density at radius 1 is 0.533 bits per heavy atom. The summed E-state index contributed by atoms with van der Waals surface area (Å²) in [5.74, 6) is 5.39. The molecule has 4 saturated carbocycles. The molecule has 2 heterocycles. The third-order valence-corrected chi connectivity index (χ3v) is 18.7. The molecule has 0 spiro atoms. The van der Waals surface area contributed by atoms with Crippen LogP contribution in [0.2, 0.25) is 0 Å². The van der Waals surface area contributed by atoms with Crippen molar-refractivity contribution < 1.29 is 12.7 Å². The van der Waals surface area contributed by atoms with Crippen molar-refractivity contribution >= 4 is 58.9 Å². The van der Waals surface area contributed by atoms with Gasteiger partial charge in [0.25, 0.3) is 0 Å². The first-order valence-corrected chi connectivity index (χ1v) is 25.6. The monoisotopic (exact) mass is 768 g/mol. The molecule has 0 amide bonds. The van der Waals surface area contributed by atoms with Crippen molar-refractivity contribution in [2.45, 2.75) is 164 Å². The normalized spacial score (nSPS) is 21.3. The van der Waals surface area contributed by atoms with Gasteiger partial charge in [0.05, 0.1) is 0 Å². The van der Waals surface area contributed by atoms with Crippen LogP contribution in [-0.4, -0.2) is 22.6 Å². The maximum absolute atomic E-state index is 4.70. The summed E-state index contributed by atoms with van der Waals surface area (Å²) in [6.07, 6.45) is 37.4. The zero-order valence-electron chi connectivity index (χ0n) is 27.4. The standard InChI is InChI=1S/2C19H29PS.2ClH.Ni/c2*1-3-9-17(10-4-1)20(18-11-5-2-6-12-18)15-7-13-19-14-8-16-21-19;;;/h2*7-8,14-18H,1-6,9-13H2;2*1H;/q;;;;+2/p-2. The molecule has 6 rings (SSSR count). The van der Waals surface area contributed by atoms with Crippen LogP contribution < -0.4 is 0 Å². The molecule has 256 valence electrons. The van der Waals surface area contributed by atoms with Gasteiger partial charge in [-0.1, -0.05) is 129 Å². The number of rotatable bonds is 10. The molecule has 0 aliphatic heterocycles. The predicted octanol–water partition coefficient (Wildman–Crippen LogP) is 15.3. The molecule has 45 heavy (non-hydrogen) atoms. The van der Waals surface area contributed by atoms with E-state index >= 15 is 0 Å². The third kappa shape index (κ3) is 14.7. The molecule has 0 bridgehead atoms. The molecule has 4 aliphatic rings. The van der Waals surface area contributed by atoms with Gasteiger partial charge in [-0.3, -0.25) is 0 Å². The second kappa shape index (κ2) is 24.0. The second-order valence-corrected chi connectivity index (χ2v) is 22.4. The quantitative estimate of drug-likeness (QED) is 0.167. The number of thiophene rings is 2. The molecule has 0 aromatic carbocycles. The molecule has 0 radical (unpaired) electrons. The van der Waals surface area contributed by atoms with Crippen LogP contribution in [0.3, 0.4) is 0 Å². The van der Waals surface area contributed by atoms with Crippen LogP contribution in [0.25, 0.3) is 0 Å². The van der Waals surface area contributed by atoms with Crippen LogP contribution in [0.15, 0.2) is 58.8 Å². The van der Waals surface area contributed by atoms with Crippen molar-refractivity contribution in [1.29, 1.82) is 0 Å². The molecule has 4 aliphatic carbocycles. The Kier molecular flexibility index (Phi) is 20.6. The van der Waals surface area contributed by atoms with E-state index < -0.39 is 0 Å².